The smallest absolute Gasteiger partial charge is 0.241 e. The van der Waals surface area contributed by atoms with Crippen molar-refractivity contribution >= 4 is 10.0 Å². The van der Waals surface area contributed by atoms with Crippen LogP contribution in [0.15, 0.2) is 33.7 Å². The average molecular weight is 321 g/mol. The number of nitrogens with one attached hydrogen (secondary N) is 1. The van der Waals surface area contributed by atoms with E-state index in [2.05, 4.69) is 14.9 Å². The van der Waals surface area contributed by atoms with Gasteiger partial charge in [-0.3, -0.25) is 0 Å². The van der Waals surface area contributed by atoms with Crippen LogP contribution >= 0.6 is 0 Å². The maximum absolute atomic E-state index is 12.7. The minimum atomic E-state index is -3.64. The van der Waals surface area contributed by atoms with Crippen LogP contribution in [0.25, 0.3) is 0 Å². The second-order valence-electron chi connectivity index (χ2n) is 5.85. The van der Waals surface area contributed by atoms with Gasteiger partial charge in [-0.25, -0.2) is 8.42 Å². The van der Waals surface area contributed by atoms with Crippen LogP contribution in [0, 0.1) is 13.8 Å². The average Bonchev–Trinajstić information content (AvgIpc) is 3.08. The fraction of sp³-hybridized carbons (Fsp3) is 0.467. The Morgan fingerprint density at radius 3 is 2.55 bits per heavy atom. The number of hydrogen-bond donors (Lipinski definition) is 1. The first kappa shape index (κ1) is 15.2. The largest absolute Gasteiger partial charge is 0.340 e. The molecule has 0 unspecified atom stereocenters. The van der Waals surface area contributed by atoms with Crippen LogP contribution < -0.4 is 4.72 Å². The molecule has 1 saturated carbocycles. The summed E-state index contributed by atoms with van der Waals surface area (Å²) in [7, 11) is -3.64. The van der Waals surface area contributed by atoms with Crippen LogP contribution in [0.1, 0.15) is 43.0 Å². The fourth-order valence-electron chi connectivity index (χ4n) is 2.94. The second kappa shape index (κ2) is 5.48. The van der Waals surface area contributed by atoms with E-state index in [1.807, 2.05) is 13.0 Å². The molecule has 0 amide bonds. The lowest BCUT2D eigenvalue weighted by molar-refractivity contribution is 0.338. The van der Waals surface area contributed by atoms with Crippen molar-refractivity contribution in [1.82, 2.24) is 14.9 Å². The van der Waals surface area contributed by atoms with Crippen molar-refractivity contribution in [2.45, 2.75) is 50.0 Å². The van der Waals surface area contributed by atoms with Crippen LogP contribution in [-0.2, 0) is 15.6 Å². The Kier molecular flexibility index (Phi) is 3.78. The summed E-state index contributed by atoms with van der Waals surface area (Å²) >= 11 is 0. The lowest BCUT2D eigenvalue weighted by atomic mass is 9.99. The molecule has 1 heterocycles. The summed E-state index contributed by atoms with van der Waals surface area (Å²) in [4.78, 5) is 4.52. The summed E-state index contributed by atoms with van der Waals surface area (Å²) in [5.41, 5.74) is 0.138. The fourth-order valence-corrected chi connectivity index (χ4v) is 4.47. The Morgan fingerprint density at radius 2 is 1.95 bits per heavy atom. The number of aromatic nitrogens is 2. The summed E-state index contributed by atoms with van der Waals surface area (Å²) in [5.74, 6) is 0.870. The molecule has 3 rings (SSSR count). The number of hydrogen-bond acceptors (Lipinski definition) is 5. The van der Waals surface area contributed by atoms with Crippen LogP contribution in [0.5, 0.6) is 0 Å². The van der Waals surface area contributed by atoms with Gasteiger partial charge in [-0.2, -0.15) is 9.71 Å². The van der Waals surface area contributed by atoms with Crippen molar-refractivity contribution in [3.8, 4) is 0 Å². The van der Waals surface area contributed by atoms with E-state index in [4.69, 9.17) is 4.52 Å². The number of benzene rings is 1. The maximum atomic E-state index is 12.7. The molecule has 0 bridgehead atoms. The minimum Gasteiger partial charge on any atom is -0.340 e. The summed E-state index contributed by atoms with van der Waals surface area (Å²) in [6, 6.07) is 6.86. The number of rotatable bonds is 4. The lowest BCUT2D eigenvalue weighted by Gasteiger charge is -2.26. The molecule has 0 radical (unpaired) electrons. The van der Waals surface area contributed by atoms with E-state index >= 15 is 0 Å². The first-order chi connectivity index (χ1) is 10.4. The zero-order chi connectivity index (χ0) is 15.8. The van der Waals surface area contributed by atoms with Gasteiger partial charge in [-0.1, -0.05) is 30.1 Å². The molecule has 0 spiro atoms. The van der Waals surface area contributed by atoms with Gasteiger partial charge in [0.05, 0.1) is 10.4 Å². The predicted molar refractivity (Wildman–Crippen MR) is 80.7 cm³/mol. The van der Waals surface area contributed by atoms with Gasteiger partial charge in [0.25, 0.3) is 0 Å². The van der Waals surface area contributed by atoms with Crippen LogP contribution in [0.4, 0.5) is 0 Å². The van der Waals surface area contributed by atoms with E-state index in [0.29, 0.717) is 24.6 Å². The molecule has 2 aromatic rings. The Balaban J connectivity index is 1.98. The molecule has 7 heteroatoms. The Labute approximate surface area is 130 Å². The maximum Gasteiger partial charge on any atom is 0.241 e. The van der Waals surface area contributed by atoms with Gasteiger partial charge in [0.2, 0.25) is 15.9 Å². The van der Waals surface area contributed by atoms with Crippen molar-refractivity contribution in [3.05, 3.63) is 41.5 Å². The normalized spacial score (nSPS) is 17.7. The minimum absolute atomic E-state index is 0.263. The quantitative estimate of drug-likeness (QED) is 0.935. The van der Waals surface area contributed by atoms with E-state index in [1.165, 1.54) is 0 Å². The van der Waals surface area contributed by atoms with Crippen molar-refractivity contribution in [1.29, 1.82) is 0 Å². The molecule has 118 valence electrons. The molecule has 22 heavy (non-hydrogen) atoms. The van der Waals surface area contributed by atoms with Gasteiger partial charge in [0, 0.05) is 6.92 Å². The molecule has 1 aliphatic carbocycles. The third-order valence-electron chi connectivity index (χ3n) is 4.04. The Hall–Kier alpha value is -1.73. The molecule has 0 aliphatic heterocycles. The standard InChI is InChI=1S/C15H19N3O3S/c1-11-6-5-7-13(10-11)22(19,20)18-15(8-3-4-9-15)14-16-12(2)21-17-14/h5-7,10,18H,3-4,8-9H2,1-2H3. The van der Waals surface area contributed by atoms with Gasteiger partial charge >= 0.3 is 0 Å². The number of sulfonamides is 1. The monoisotopic (exact) mass is 321 g/mol. The predicted octanol–water partition coefficient (Wildman–Crippen LogP) is 2.43. The Morgan fingerprint density at radius 1 is 1.23 bits per heavy atom. The Bertz CT molecular complexity index is 777. The summed E-state index contributed by atoms with van der Waals surface area (Å²) in [5, 5.41) is 3.95. The van der Waals surface area contributed by atoms with Gasteiger partial charge < -0.3 is 4.52 Å². The molecular weight excluding hydrogens is 302 g/mol. The SMILES string of the molecule is Cc1cccc(S(=O)(=O)NC2(c3noc(C)n3)CCCC2)c1. The highest BCUT2D eigenvalue weighted by Crippen LogP contribution is 2.38. The molecule has 1 aromatic carbocycles. The molecule has 1 fully saturated rings. The first-order valence-corrected chi connectivity index (χ1v) is 8.81. The third-order valence-corrected chi connectivity index (χ3v) is 5.58. The molecular formula is C15H19N3O3S. The van der Waals surface area contributed by atoms with E-state index in [1.54, 1.807) is 25.1 Å². The van der Waals surface area contributed by atoms with E-state index < -0.39 is 15.6 Å². The van der Waals surface area contributed by atoms with Crippen molar-refractivity contribution in [2.24, 2.45) is 0 Å². The van der Waals surface area contributed by atoms with E-state index in [-0.39, 0.29) is 4.90 Å². The van der Waals surface area contributed by atoms with Crippen molar-refractivity contribution < 1.29 is 12.9 Å². The number of nitrogens with zero attached hydrogens (tertiary/aromatic N) is 2. The third kappa shape index (κ3) is 2.78. The van der Waals surface area contributed by atoms with E-state index in [9.17, 15) is 8.42 Å². The lowest BCUT2D eigenvalue weighted by Crippen LogP contribution is -2.44. The molecule has 1 N–H and O–H groups in total. The van der Waals surface area contributed by atoms with Crippen molar-refractivity contribution in [2.75, 3.05) is 0 Å². The molecule has 1 aliphatic rings. The molecule has 6 nitrogen and oxygen atoms in total. The van der Waals surface area contributed by atoms with Gasteiger partial charge in [0.1, 0.15) is 0 Å². The van der Waals surface area contributed by atoms with E-state index in [0.717, 1.165) is 18.4 Å². The molecule has 1 aromatic heterocycles. The van der Waals surface area contributed by atoms with Gasteiger partial charge in [0.15, 0.2) is 5.82 Å². The van der Waals surface area contributed by atoms with Gasteiger partial charge in [-0.05, 0) is 37.5 Å². The van der Waals surface area contributed by atoms with Crippen LogP contribution in [-0.4, -0.2) is 18.6 Å². The summed E-state index contributed by atoms with van der Waals surface area (Å²) < 4.78 is 33.3. The zero-order valence-corrected chi connectivity index (χ0v) is 13.5. The second-order valence-corrected chi connectivity index (χ2v) is 7.53. The first-order valence-electron chi connectivity index (χ1n) is 7.33. The highest BCUT2D eigenvalue weighted by atomic mass is 32.2. The highest BCUT2D eigenvalue weighted by molar-refractivity contribution is 7.89. The molecule has 0 atom stereocenters. The summed E-state index contributed by atoms with van der Waals surface area (Å²) in [6.45, 7) is 3.57. The highest BCUT2D eigenvalue weighted by Gasteiger charge is 2.43. The number of aryl methyl sites for hydroxylation is 2. The van der Waals surface area contributed by atoms with Crippen LogP contribution in [0.2, 0.25) is 0 Å². The topological polar surface area (TPSA) is 85.1 Å². The molecule has 0 saturated heterocycles. The van der Waals surface area contributed by atoms with Gasteiger partial charge in [-0.15, -0.1) is 0 Å². The van der Waals surface area contributed by atoms with Crippen molar-refractivity contribution in [3.63, 3.8) is 0 Å². The summed E-state index contributed by atoms with van der Waals surface area (Å²) in [6.07, 6.45) is 3.22. The van der Waals surface area contributed by atoms with Crippen LogP contribution in [0.3, 0.4) is 0 Å². The zero-order valence-electron chi connectivity index (χ0n) is 12.7.